The van der Waals surface area contributed by atoms with E-state index in [9.17, 15) is 4.79 Å². The average Bonchev–Trinajstić information content (AvgIpc) is 3.55. The van der Waals surface area contributed by atoms with Crippen LogP contribution in [0.1, 0.15) is 13.0 Å². The van der Waals surface area contributed by atoms with Crippen LogP contribution in [0, 0.1) is 0 Å². The molecule has 0 aromatic carbocycles. The molecule has 6 aromatic heterocycles. The van der Waals surface area contributed by atoms with Gasteiger partial charge in [-0.2, -0.15) is 0 Å². The number of methoxy groups -OCH3 is 1. The molecule has 228 valence electrons. The number of esters is 1. The smallest absolute Gasteiger partial charge is 0.389 e. The molecule has 1 unspecified atom stereocenters. The molecule has 0 bridgehead atoms. The van der Waals surface area contributed by atoms with Crippen LogP contribution in [0.2, 0.25) is 0 Å². The molecular weight excluding hydrogens is 708 g/mol. The van der Waals surface area contributed by atoms with Crippen LogP contribution in [0.15, 0.2) is 70.7 Å². The highest BCUT2D eigenvalue weighted by Gasteiger charge is 2.41. The van der Waals surface area contributed by atoms with Gasteiger partial charge in [0, 0.05) is 46.6 Å². The first-order valence-corrected chi connectivity index (χ1v) is 15.5. The average molecular weight is 735 g/mol. The maximum Gasteiger partial charge on any atom is 0.389 e. The van der Waals surface area contributed by atoms with E-state index in [2.05, 4.69) is 62.6 Å². The van der Waals surface area contributed by atoms with Gasteiger partial charge in [0.2, 0.25) is 5.95 Å². The minimum Gasteiger partial charge on any atom is -0.467 e. The zero-order valence-electron chi connectivity index (χ0n) is 24.2. The second-order valence-corrected chi connectivity index (χ2v) is 12.6. The number of ether oxygens (including phenoxy) is 2. The second kappa shape index (κ2) is 11.2. The lowest BCUT2D eigenvalue weighted by Crippen LogP contribution is -2.53. The van der Waals surface area contributed by atoms with Crippen LogP contribution in [0.4, 0.5) is 11.9 Å². The van der Waals surface area contributed by atoms with Crippen LogP contribution < -0.4 is 16.0 Å². The van der Waals surface area contributed by atoms with E-state index in [0.717, 1.165) is 32.0 Å². The van der Waals surface area contributed by atoms with Crippen molar-refractivity contribution in [3.63, 3.8) is 0 Å². The topological polar surface area (TPSA) is 166 Å². The minimum absolute atomic E-state index is 0.112. The highest BCUT2D eigenvalue weighted by Crippen LogP contribution is 2.37. The molecule has 0 aliphatic carbocycles. The Morgan fingerprint density at radius 3 is 2.33 bits per heavy atom. The number of fused-ring (bicyclic) bond motifs is 2. The van der Waals surface area contributed by atoms with Crippen molar-refractivity contribution in [2.24, 2.45) is 0 Å². The van der Waals surface area contributed by atoms with E-state index in [1.54, 1.807) is 30.0 Å². The Balaban J connectivity index is 1.32. The largest absolute Gasteiger partial charge is 0.467 e. The normalized spacial score (nSPS) is 14.8. The third-order valence-corrected chi connectivity index (χ3v) is 9.03. The third kappa shape index (κ3) is 5.00. The molecule has 6 aromatic rings. The van der Waals surface area contributed by atoms with Crippen molar-refractivity contribution in [1.29, 1.82) is 0 Å². The van der Waals surface area contributed by atoms with Gasteiger partial charge in [-0.3, -0.25) is 5.73 Å². The fraction of sp³-hybridized carbons (Fsp3) is 0.233. The van der Waals surface area contributed by atoms with Crippen LogP contribution in [0.5, 0.6) is 0 Å². The molecule has 4 N–H and O–H groups in total. The number of halogens is 2. The number of carbonyl (C=O) groups is 1. The zero-order valence-corrected chi connectivity index (χ0v) is 27.4. The monoisotopic (exact) mass is 733 g/mol. The molecule has 1 fully saturated rings. The first kappa shape index (κ1) is 29.3. The Labute approximate surface area is 273 Å². The van der Waals surface area contributed by atoms with E-state index < -0.39 is 11.5 Å². The lowest BCUT2D eigenvalue weighted by Gasteiger charge is -2.29. The fourth-order valence-electron chi connectivity index (χ4n) is 5.78. The highest BCUT2D eigenvalue weighted by atomic mass is 79.9. The summed E-state index contributed by atoms with van der Waals surface area (Å²) in [6.07, 6.45) is 10.9. The highest BCUT2D eigenvalue weighted by molar-refractivity contribution is 9.10. The van der Waals surface area contributed by atoms with Crippen LogP contribution in [-0.2, 0) is 26.4 Å². The molecule has 0 spiro atoms. The van der Waals surface area contributed by atoms with Crippen molar-refractivity contribution < 1.29 is 18.8 Å². The second-order valence-electron chi connectivity index (χ2n) is 11.0. The number of nitrogen functional groups attached to an aromatic ring is 2. The summed E-state index contributed by atoms with van der Waals surface area (Å²) in [5, 5.41) is 1.80. The predicted octanol–water partition coefficient (Wildman–Crippen LogP) is 4.04. The Bertz CT molecular complexity index is 2130. The van der Waals surface area contributed by atoms with Crippen molar-refractivity contribution in [2.45, 2.75) is 25.0 Å². The van der Waals surface area contributed by atoms with E-state index in [0.29, 0.717) is 34.7 Å². The summed E-state index contributed by atoms with van der Waals surface area (Å²) in [5.74, 6) is -0.112. The van der Waals surface area contributed by atoms with E-state index in [1.165, 1.54) is 7.11 Å². The molecule has 45 heavy (non-hydrogen) atoms. The number of hydrogen-bond donors (Lipinski definition) is 2. The van der Waals surface area contributed by atoms with Crippen molar-refractivity contribution in [3.8, 4) is 22.5 Å². The summed E-state index contributed by atoms with van der Waals surface area (Å²) in [5.41, 5.74) is 15.9. The lowest BCUT2D eigenvalue weighted by molar-refractivity contribution is -0.693. The van der Waals surface area contributed by atoms with Gasteiger partial charge in [-0.15, -0.1) is 0 Å². The van der Waals surface area contributed by atoms with Crippen LogP contribution in [-0.4, -0.2) is 60.3 Å². The molecular formula is C30H27Br2N10O3+. The quantitative estimate of drug-likeness (QED) is 0.139. The third-order valence-electron chi connectivity index (χ3n) is 8.16. The first-order chi connectivity index (χ1) is 21.7. The van der Waals surface area contributed by atoms with Gasteiger partial charge in [-0.1, -0.05) is 4.98 Å². The van der Waals surface area contributed by atoms with E-state index in [4.69, 9.17) is 25.9 Å². The first-order valence-electron chi connectivity index (χ1n) is 13.9. The van der Waals surface area contributed by atoms with E-state index >= 15 is 0 Å². The number of hydrogen-bond acceptors (Lipinski definition) is 10. The molecule has 0 radical (unpaired) electrons. The molecule has 7 rings (SSSR count). The number of rotatable bonds is 7. The molecule has 1 aliphatic heterocycles. The van der Waals surface area contributed by atoms with Crippen LogP contribution >= 0.6 is 31.9 Å². The van der Waals surface area contributed by atoms with Crippen molar-refractivity contribution in [1.82, 2.24) is 34.1 Å². The van der Waals surface area contributed by atoms with Gasteiger partial charge in [0.25, 0.3) is 0 Å². The molecule has 0 saturated carbocycles. The van der Waals surface area contributed by atoms with Gasteiger partial charge in [0.05, 0.1) is 61.7 Å². The van der Waals surface area contributed by atoms with Crippen molar-refractivity contribution in [3.05, 3.63) is 70.7 Å². The minimum atomic E-state index is -1.27. The molecule has 7 heterocycles. The molecule has 13 nitrogen and oxygen atoms in total. The molecule has 15 heteroatoms. The molecule has 0 amide bonds. The van der Waals surface area contributed by atoms with E-state index in [1.807, 2.05) is 41.4 Å². The standard InChI is InChI=1S/C30H26Br2N10O3/c1-30(27(43)44-2,42-12-20(21-3-5-35-28(33)38-21)18-8-26(32)37-10-24(18)42)15-40-6-4-22(39-29(40)34)19-11-41(16-13-45-14-16)23-9-36-25(31)7-17(19)23/h3-12,16,34H,13-15H2,1-2H3,(H2,33,35,38)/p+1. The maximum absolute atomic E-state index is 13.6. The summed E-state index contributed by atoms with van der Waals surface area (Å²) >= 11 is 6.97. The van der Waals surface area contributed by atoms with Crippen LogP contribution in [0.25, 0.3) is 44.3 Å². The zero-order chi connectivity index (χ0) is 31.5. The number of carbonyl (C=O) groups excluding carboxylic acids is 1. The molecule has 1 atom stereocenters. The van der Waals surface area contributed by atoms with Crippen LogP contribution in [0.3, 0.4) is 0 Å². The summed E-state index contributed by atoms with van der Waals surface area (Å²) in [6, 6.07) is 7.72. The summed E-state index contributed by atoms with van der Waals surface area (Å²) in [7, 11) is 1.36. The molecule has 1 aliphatic rings. The van der Waals surface area contributed by atoms with Gasteiger partial charge < -0.3 is 24.3 Å². The van der Waals surface area contributed by atoms with Gasteiger partial charge in [-0.05, 0) is 57.0 Å². The summed E-state index contributed by atoms with van der Waals surface area (Å²) in [6.45, 7) is 3.18. The fourth-order valence-corrected chi connectivity index (χ4v) is 6.45. The van der Waals surface area contributed by atoms with E-state index in [-0.39, 0.29) is 24.5 Å². The predicted molar refractivity (Wildman–Crippen MR) is 174 cm³/mol. The Morgan fingerprint density at radius 2 is 1.69 bits per heavy atom. The summed E-state index contributed by atoms with van der Waals surface area (Å²) in [4.78, 5) is 35.7. The maximum atomic E-state index is 13.6. The summed E-state index contributed by atoms with van der Waals surface area (Å²) < 4.78 is 17.9. The van der Waals surface area contributed by atoms with Gasteiger partial charge in [0.1, 0.15) is 15.8 Å². The Hall–Kier alpha value is -4.47. The number of anilines is 2. The Kier molecular flexibility index (Phi) is 7.25. The number of nitrogens with zero attached hydrogens (tertiary/aromatic N) is 8. The number of aromatic nitrogens is 8. The Morgan fingerprint density at radius 1 is 1.02 bits per heavy atom. The van der Waals surface area contributed by atoms with Gasteiger partial charge in [-0.25, -0.2) is 29.3 Å². The van der Waals surface area contributed by atoms with Crippen molar-refractivity contribution in [2.75, 3.05) is 31.8 Å². The van der Waals surface area contributed by atoms with Gasteiger partial charge >= 0.3 is 11.9 Å². The van der Waals surface area contributed by atoms with Crippen molar-refractivity contribution >= 4 is 71.5 Å². The number of pyridine rings is 2. The lowest BCUT2D eigenvalue weighted by atomic mass is 10.0. The number of nitrogens with two attached hydrogens (primary N) is 2. The SMILES string of the molecule is COC(=O)C(C)(C[n+]1ccc(-c2cn(C3COC3)c3cnc(Br)cc23)nc1N)n1cc(-c2ccnc(N)n2)c2cc(Br)ncc21. The molecule has 1 saturated heterocycles. The van der Waals surface area contributed by atoms with Gasteiger partial charge in [0.15, 0.2) is 11.2 Å².